The lowest BCUT2D eigenvalue weighted by atomic mass is 9.89. The summed E-state index contributed by atoms with van der Waals surface area (Å²) in [7, 11) is 0. The fourth-order valence-corrected chi connectivity index (χ4v) is 2.15. The molecular formula is C11H20N4O. The van der Waals surface area contributed by atoms with Crippen LogP contribution in [-0.2, 0) is 11.2 Å². The Labute approximate surface area is 96.0 Å². The van der Waals surface area contributed by atoms with E-state index in [4.69, 9.17) is 10.5 Å². The van der Waals surface area contributed by atoms with Crippen molar-refractivity contribution in [2.75, 3.05) is 6.61 Å². The molecule has 1 fully saturated rings. The maximum Gasteiger partial charge on any atom is 0.138 e. The molecule has 0 bridgehead atoms. The number of ether oxygens (including phenoxy) is 1. The molecule has 1 saturated heterocycles. The van der Waals surface area contributed by atoms with E-state index in [2.05, 4.69) is 23.9 Å². The second kappa shape index (κ2) is 4.14. The molecule has 2 atom stereocenters. The van der Waals surface area contributed by atoms with Crippen LogP contribution in [0.2, 0.25) is 0 Å². The van der Waals surface area contributed by atoms with Gasteiger partial charge in [0.25, 0.3) is 0 Å². The minimum atomic E-state index is -0.292. The highest BCUT2D eigenvalue weighted by atomic mass is 16.5. The number of nitrogens with two attached hydrogens (primary N) is 1. The van der Waals surface area contributed by atoms with Crippen molar-refractivity contribution in [3.8, 4) is 0 Å². The van der Waals surface area contributed by atoms with Crippen LogP contribution in [0.3, 0.4) is 0 Å². The van der Waals surface area contributed by atoms with Crippen molar-refractivity contribution in [1.82, 2.24) is 14.8 Å². The van der Waals surface area contributed by atoms with Gasteiger partial charge in [-0.2, -0.15) is 5.10 Å². The van der Waals surface area contributed by atoms with Crippen molar-refractivity contribution >= 4 is 0 Å². The van der Waals surface area contributed by atoms with Crippen LogP contribution in [-0.4, -0.2) is 33.0 Å². The second-order valence-electron chi connectivity index (χ2n) is 4.89. The molecule has 1 aromatic heterocycles. The summed E-state index contributed by atoms with van der Waals surface area (Å²) in [6.07, 6.45) is 3.30. The van der Waals surface area contributed by atoms with Gasteiger partial charge in [0.2, 0.25) is 0 Å². The molecule has 0 radical (unpaired) electrons. The van der Waals surface area contributed by atoms with Gasteiger partial charge in [0.1, 0.15) is 12.2 Å². The van der Waals surface area contributed by atoms with Crippen molar-refractivity contribution in [1.29, 1.82) is 0 Å². The van der Waals surface area contributed by atoms with Crippen LogP contribution in [0.15, 0.2) is 6.33 Å². The Morgan fingerprint density at radius 1 is 1.69 bits per heavy atom. The first-order valence-electron chi connectivity index (χ1n) is 5.82. The molecule has 0 aromatic carbocycles. The lowest BCUT2D eigenvalue weighted by molar-refractivity contribution is 0.0945. The van der Waals surface area contributed by atoms with E-state index in [0.717, 1.165) is 25.3 Å². The largest absolute Gasteiger partial charge is 0.377 e. The van der Waals surface area contributed by atoms with E-state index in [1.54, 1.807) is 6.33 Å². The van der Waals surface area contributed by atoms with Crippen molar-refractivity contribution in [2.45, 2.75) is 51.3 Å². The predicted molar refractivity (Wildman–Crippen MR) is 61.1 cm³/mol. The molecule has 5 heteroatoms. The van der Waals surface area contributed by atoms with Gasteiger partial charge in [-0.25, -0.2) is 9.67 Å². The van der Waals surface area contributed by atoms with Crippen LogP contribution < -0.4 is 5.73 Å². The minimum Gasteiger partial charge on any atom is -0.377 e. The lowest BCUT2D eigenvalue weighted by Crippen LogP contribution is -2.48. The number of hydrogen-bond donors (Lipinski definition) is 1. The predicted octanol–water partition coefficient (Wildman–Crippen LogP) is 0.908. The van der Waals surface area contributed by atoms with E-state index in [-0.39, 0.29) is 11.6 Å². The van der Waals surface area contributed by atoms with Crippen molar-refractivity contribution in [3.05, 3.63) is 12.2 Å². The number of hydrogen-bond acceptors (Lipinski definition) is 4. The SMILES string of the molecule is CC(C)n1ncnc1CC1(N)CCOC1C. The normalized spacial score (nSPS) is 30.2. The quantitative estimate of drug-likeness (QED) is 0.828. The van der Waals surface area contributed by atoms with E-state index in [1.807, 2.05) is 11.6 Å². The fourth-order valence-electron chi connectivity index (χ4n) is 2.15. The molecule has 1 aliphatic heterocycles. The Hall–Kier alpha value is -0.940. The highest BCUT2D eigenvalue weighted by molar-refractivity contribution is 5.03. The Morgan fingerprint density at radius 3 is 3.00 bits per heavy atom. The minimum absolute atomic E-state index is 0.0878. The summed E-state index contributed by atoms with van der Waals surface area (Å²) in [6.45, 7) is 6.96. The topological polar surface area (TPSA) is 66.0 Å². The lowest BCUT2D eigenvalue weighted by Gasteiger charge is -2.27. The maximum absolute atomic E-state index is 6.36. The van der Waals surface area contributed by atoms with Crippen LogP contribution in [0.25, 0.3) is 0 Å². The third-order valence-electron chi connectivity index (χ3n) is 3.37. The standard InChI is InChI=1S/C11H20N4O/c1-8(2)15-10(13-7-14-15)6-11(12)4-5-16-9(11)3/h7-9H,4-6,12H2,1-3H3. The van der Waals surface area contributed by atoms with Gasteiger partial charge in [-0.1, -0.05) is 0 Å². The number of rotatable bonds is 3. The number of aromatic nitrogens is 3. The van der Waals surface area contributed by atoms with Gasteiger partial charge in [0.05, 0.1) is 11.6 Å². The molecule has 16 heavy (non-hydrogen) atoms. The molecule has 0 saturated carbocycles. The summed E-state index contributed by atoms with van der Waals surface area (Å²) in [6, 6.07) is 0.318. The van der Waals surface area contributed by atoms with E-state index in [0.29, 0.717) is 6.04 Å². The summed E-state index contributed by atoms with van der Waals surface area (Å²) in [4.78, 5) is 4.30. The average molecular weight is 224 g/mol. The molecule has 1 aliphatic rings. The smallest absolute Gasteiger partial charge is 0.138 e. The van der Waals surface area contributed by atoms with Gasteiger partial charge in [-0.15, -0.1) is 0 Å². The molecule has 2 N–H and O–H groups in total. The first kappa shape index (κ1) is 11.5. The second-order valence-corrected chi connectivity index (χ2v) is 4.89. The molecule has 2 unspecified atom stereocenters. The monoisotopic (exact) mass is 224 g/mol. The summed E-state index contributed by atoms with van der Waals surface area (Å²) < 4.78 is 7.47. The third-order valence-corrected chi connectivity index (χ3v) is 3.37. The number of nitrogens with zero attached hydrogens (tertiary/aromatic N) is 3. The summed E-state index contributed by atoms with van der Waals surface area (Å²) >= 11 is 0. The average Bonchev–Trinajstić information content (AvgIpc) is 2.76. The molecule has 5 nitrogen and oxygen atoms in total. The van der Waals surface area contributed by atoms with Gasteiger partial charge >= 0.3 is 0 Å². The molecule has 0 aliphatic carbocycles. The van der Waals surface area contributed by atoms with Crippen molar-refractivity contribution in [3.63, 3.8) is 0 Å². The zero-order valence-corrected chi connectivity index (χ0v) is 10.2. The van der Waals surface area contributed by atoms with Crippen molar-refractivity contribution < 1.29 is 4.74 Å². The van der Waals surface area contributed by atoms with Crippen molar-refractivity contribution in [2.24, 2.45) is 5.73 Å². The van der Waals surface area contributed by atoms with Crippen LogP contribution in [0.5, 0.6) is 0 Å². The summed E-state index contributed by atoms with van der Waals surface area (Å²) in [5.41, 5.74) is 6.06. The highest BCUT2D eigenvalue weighted by Crippen LogP contribution is 2.26. The van der Waals surface area contributed by atoms with Gasteiger partial charge in [0.15, 0.2) is 0 Å². The van der Waals surface area contributed by atoms with Gasteiger partial charge < -0.3 is 10.5 Å². The summed E-state index contributed by atoms with van der Waals surface area (Å²) in [5.74, 6) is 0.954. The van der Waals surface area contributed by atoms with Crippen LogP contribution >= 0.6 is 0 Å². The van der Waals surface area contributed by atoms with Gasteiger partial charge in [-0.3, -0.25) is 0 Å². The zero-order chi connectivity index (χ0) is 11.8. The third kappa shape index (κ3) is 1.97. The Morgan fingerprint density at radius 2 is 2.44 bits per heavy atom. The molecule has 90 valence electrons. The van der Waals surface area contributed by atoms with E-state index in [9.17, 15) is 0 Å². The molecule has 0 spiro atoms. The van der Waals surface area contributed by atoms with Gasteiger partial charge in [0, 0.05) is 19.1 Å². The van der Waals surface area contributed by atoms with Crippen LogP contribution in [0.1, 0.15) is 39.1 Å². The zero-order valence-electron chi connectivity index (χ0n) is 10.2. The van der Waals surface area contributed by atoms with Gasteiger partial charge in [-0.05, 0) is 27.2 Å². The maximum atomic E-state index is 6.36. The molecule has 2 heterocycles. The molecule has 0 amide bonds. The first-order chi connectivity index (χ1) is 7.53. The van der Waals surface area contributed by atoms with Crippen LogP contribution in [0.4, 0.5) is 0 Å². The molecule has 2 rings (SSSR count). The Bertz CT molecular complexity index is 363. The Balaban J connectivity index is 2.17. The Kier molecular flexibility index (Phi) is 2.99. The molecular weight excluding hydrogens is 204 g/mol. The molecule has 1 aromatic rings. The van der Waals surface area contributed by atoms with E-state index < -0.39 is 0 Å². The van der Waals surface area contributed by atoms with E-state index in [1.165, 1.54) is 0 Å². The summed E-state index contributed by atoms with van der Waals surface area (Å²) in [5, 5.41) is 4.22. The first-order valence-corrected chi connectivity index (χ1v) is 5.82. The fraction of sp³-hybridized carbons (Fsp3) is 0.818. The van der Waals surface area contributed by atoms with Crippen LogP contribution in [0, 0.1) is 0 Å². The van der Waals surface area contributed by atoms with E-state index >= 15 is 0 Å². The highest BCUT2D eigenvalue weighted by Gasteiger charge is 2.39.